The van der Waals surface area contributed by atoms with Gasteiger partial charge in [-0.1, -0.05) is 0 Å². The Morgan fingerprint density at radius 1 is 1.10 bits per heavy atom. The molecule has 0 bridgehead atoms. The van der Waals surface area contributed by atoms with Crippen LogP contribution < -0.4 is 20.6 Å². The lowest BCUT2D eigenvalue weighted by Crippen LogP contribution is -2.62. The molecule has 4 rings (SSSR count). The fraction of sp³-hybridized carbons (Fsp3) is 0.292. The van der Waals surface area contributed by atoms with Gasteiger partial charge in [-0.2, -0.15) is 31.6 Å². The van der Waals surface area contributed by atoms with Gasteiger partial charge in [0.2, 0.25) is 0 Å². The summed E-state index contributed by atoms with van der Waals surface area (Å²) in [6.07, 6.45) is -10.3. The van der Waals surface area contributed by atoms with Crippen molar-refractivity contribution in [2.75, 3.05) is 25.0 Å². The van der Waals surface area contributed by atoms with Crippen molar-refractivity contribution in [2.24, 2.45) is 0 Å². The molecule has 2 heterocycles. The van der Waals surface area contributed by atoms with Gasteiger partial charge in [0.25, 0.3) is 0 Å². The summed E-state index contributed by atoms with van der Waals surface area (Å²) in [5, 5.41) is 12.0. The van der Waals surface area contributed by atoms with Crippen LogP contribution in [0.15, 0.2) is 53.6 Å². The minimum Gasteiger partial charge on any atom is -0.407 e. The van der Waals surface area contributed by atoms with Gasteiger partial charge >= 0.3 is 24.1 Å². The molecule has 1 aliphatic rings. The largest absolute Gasteiger partial charge is 0.420 e. The summed E-state index contributed by atoms with van der Waals surface area (Å²) in [4.78, 5) is 26.8. The summed E-state index contributed by atoms with van der Waals surface area (Å²) in [5.74, 6) is -2.01. The average Bonchev–Trinajstić information content (AvgIpc) is 3.21. The molecule has 0 saturated carbocycles. The number of nitrogens with one attached hydrogen (secondary N) is 1. The molecule has 15 heteroatoms. The molecule has 1 aromatic heterocycles. The fourth-order valence-corrected chi connectivity index (χ4v) is 4.06. The number of hydrogen-bond acceptors (Lipinski definition) is 5. The van der Waals surface area contributed by atoms with Crippen molar-refractivity contribution in [3.05, 3.63) is 76.2 Å². The Bertz CT molecular complexity index is 1500. The molecule has 0 radical (unpaired) electrons. The van der Waals surface area contributed by atoms with Crippen molar-refractivity contribution in [2.45, 2.75) is 24.3 Å². The molecule has 206 valence electrons. The fourth-order valence-electron chi connectivity index (χ4n) is 4.06. The second-order valence-corrected chi connectivity index (χ2v) is 8.75. The number of carbonyl (C=O) groups excluding carboxylic acids is 1. The highest BCUT2D eigenvalue weighted by molar-refractivity contribution is 5.89. The Hall–Kier alpha value is -4.32. The monoisotopic (exact) mass is 557 g/mol. The van der Waals surface area contributed by atoms with E-state index >= 15 is 0 Å². The van der Waals surface area contributed by atoms with Crippen LogP contribution in [0, 0.1) is 17.1 Å². The molecule has 3 aromatic rings. The Balaban J connectivity index is 1.90. The van der Waals surface area contributed by atoms with Crippen molar-refractivity contribution >= 4 is 11.8 Å². The van der Waals surface area contributed by atoms with Crippen LogP contribution in [0.5, 0.6) is 5.75 Å². The lowest BCUT2D eigenvalue weighted by atomic mass is 9.89. The Morgan fingerprint density at radius 3 is 2.26 bits per heavy atom. The SMILES string of the molecule is CN(C(=O)Oc1c(-n2ccn(C3(CC#N)CNC3)c2=O)cc(C(F)(F)F)cc1C(F)(F)F)c1ccc(F)cc1. The van der Waals surface area contributed by atoms with Gasteiger partial charge in [-0.15, -0.1) is 0 Å². The summed E-state index contributed by atoms with van der Waals surface area (Å²) < 4.78 is 103. The van der Waals surface area contributed by atoms with Crippen molar-refractivity contribution in [3.8, 4) is 17.5 Å². The van der Waals surface area contributed by atoms with E-state index in [1.165, 1.54) is 0 Å². The van der Waals surface area contributed by atoms with Crippen LogP contribution in [-0.4, -0.2) is 35.4 Å². The quantitative estimate of drug-likeness (QED) is 0.461. The third-order valence-corrected chi connectivity index (χ3v) is 6.24. The number of hydrogen-bond donors (Lipinski definition) is 1. The molecule has 1 aliphatic heterocycles. The zero-order valence-electron chi connectivity index (χ0n) is 19.9. The van der Waals surface area contributed by atoms with Crippen LogP contribution >= 0.6 is 0 Å². The molecule has 1 saturated heterocycles. The summed E-state index contributed by atoms with van der Waals surface area (Å²) in [5.41, 5.74) is -6.81. The van der Waals surface area contributed by atoms with E-state index in [2.05, 4.69) is 5.32 Å². The number of amides is 1. The smallest absolute Gasteiger partial charge is 0.407 e. The van der Waals surface area contributed by atoms with Crippen LogP contribution in [-0.2, 0) is 17.9 Å². The van der Waals surface area contributed by atoms with E-state index in [0.29, 0.717) is 9.47 Å². The second kappa shape index (κ2) is 9.77. The van der Waals surface area contributed by atoms with E-state index in [-0.39, 0.29) is 37.3 Å². The van der Waals surface area contributed by atoms with Gasteiger partial charge in [0.05, 0.1) is 29.3 Å². The predicted octanol–water partition coefficient (Wildman–Crippen LogP) is 4.66. The number of rotatable bonds is 5. The van der Waals surface area contributed by atoms with E-state index in [1.54, 1.807) is 0 Å². The minimum atomic E-state index is -5.44. The number of ether oxygens (including phenoxy) is 1. The highest BCUT2D eigenvalue weighted by Crippen LogP contribution is 2.44. The van der Waals surface area contributed by atoms with Gasteiger partial charge in [0.15, 0.2) is 5.75 Å². The molecule has 0 spiro atoms. The number of nitriles is 1. The van der Waals surface area contributed by atoms with Gasteiger partial charge in [0, 0.05) is 38.2 Å². The number of halogens is 7. The molecular weight excluding hydrogens is 539 g/mol. The Morgan fingerprint density at radius 2 is 1.74 bits per heavy atom. The van der Waals surface area contributed by atoms with Crippen molar-refractivity contribution in [1.29, 1.82) is 5.26 Å². The van der Waals surface area contributed by atoms with Crippen LogP contribution in [0.1, 0.15) is 17.5 Å². The first-order chi connectivity index (χ1) is 18.2. The average molecular weight is 557 g/mol. The van der Waals surface area contributed by atoms with E-state index in [0.717, 1.165) is 48.3 Å². The normalized spacial score (nSPS) is 14.8. The first kappa shape index (κ1) is 27.7. The third kappa shape index (κ3) is 5.19. The van der Waals surface area contributed by atoms with Gasteiger partial charge < -0.3 is 10.1 Å². The highest BCUT2D eigenvalue weighted by atomic mass is 19.4. The van der Waals surface area contributed by atoms with Gasteiger partial charge in [-0.3, -0.25) is 14.0 Å². The third-order valence-electron chi connectivity index (χ3n) is 6.24. The van der Waals surface area contributed by atoms with Crippen molar-refractivity contribution in [3.63, 3.8) is 0 Å². The summed E-state index contributed by atoms with van der Waals surface area (Å²) in [6.45, 7) is 0.316. The molecule has 1 amide bonds. The van der Waals surface area contributed by atoms with E-state index in [9.17, 15) is 40.3 Å². The molecule has 2 aromatic carbocycles. The standard InChI is InChI=1S/C24H18F7N5O3/c1-34(16-4-2-15(25)3-5-16)21(38)39-19-17(24(29,30)31)10-14(23(26,27)28)11-18(19)35-8-9-36(20(35)37)22(6-7-32)12-33-13-22/h2-5,8-11,33H,6,12-13H2,1H3. The number of nitrogens with zero attached hydrogens (tertiary/aromatic N) is 4. The van der Waals surface area contributed by atoms with Gasteiger partial charge in [-0.05, 0) is 36.4 Å². The van der Waals surface area contributed by atoms with Crippen LogP contribution in [0.25, 0.3) is 5.69 Å². The topological polar surface area (TPSA) is 92.3 Å². The van der Waals surface area contributed by atoms with Crippen LogP contribution in [0.2, 0.25) is 0 Å². The minimum absolute atomic E-state index is 0.00247. The van der Waals surface area contributed by atoms with Crippen LogP contribution in [0.4, 0.5) is 41.2 Å². The molecule has 1 N–H and O–H groups in total. The number of alkyl halides is 6. The van der Waals surface area contributed by atoms with E-state index < -0.39 is 58.1 Å². The zero-order chi connectivity index (χ0) is 28.8. The second-order valence-electron chi connectivity index (χ2n) is 8.75. The lowest BCUT2D eigenvalue weighted by Gasteiger charge is -2.41. The Labute approximate surface area is 215 Å². The molecule has 39 heavy (non-hydrogen) atoms. The molecule has 1 fully saturated rings. The first-order valence-electron chi connectivity index (χ1n) is 11.1. The van der Waals surface area contributed by atoms with Crippen LogP contribution in [0.3, 0.4) is 0 Å². The highest BCUT2D eigenvalue weighted by Gasteiger charge is 2.43. The summed E-state index contributed by atoms with van der Waals surface area (Å²) in [7, 11) is 1.09. The van der Waals surface area contributed by atoms with Gasteiger partial charge in [0.1, 0.15) is 11.4 Å². The van der Waals surface area contributed by atoms with Crippen molar-refractivity contribution < 1.29 is 40.3 Å². The molecule has 0 aliphatic carbocycles. The first-order valence-corrected chi connectivity index (χ1v) is 11.1. The number of benzene rings is 2. The number of carbonyl (C=O) groups is 1. The lowest BCUT2D eigenvalue weighted by molar-refractivity contribution is -0.143. The maximum absolute atomic E-state index is 14.0. The molecule has 0 unspecified atom stereocenters. The molecule has 0 atom stereocenters. The van der Waals surface area contributed by atoms with E-state index in [1.807, 2.05) is 6.07 Å². The summed E-state index contributed by atoms with van der Waals surface area (Å²) >= 11 is 0. The maximum Gasteiger partial charge on any atom is 0.420 e. The van der Waals surface area contributed by atoms with Crippen molar-refractivity contribution in [1.82, 2.24) is 14.5 Å². The molecule has 8 nitrogen and oxygen atoms in total. The summed E-state index contributed by atoms with van der Waals surface area (Å²) in [6, 6.07) is 6.14. The number of imidazole rings is 1. The maximum atomic E-state index is 14.0. The van der Waals surface area contributed by atoms with E-state index in [4.69, 9.17) is 10.00 Å². The molecular formula is C24H18F7N5O3. The Kier molecular flexibility index (Phi) is 6.94. The number of aromatic nitrogens is 2. The zero-order valence-corrected chi connectivity index (χ0v) is 19.9. The predicted molar refractivity (Wildman–Crippen MR) is 122 cm³/mol. The van der Waals surface area contributed by atoms with Gasteiger partial charge in [-0.25, -0.2) is 14.0 Å². The number of anilines is 1.